The molecule has 15 rings (SSSR count). The monoisotopic (exact) mass is 952 g/mol. The van der Waals surface area contributed by atoms with Crippen molar-refractivity contribution in [3.8, 4) is 72.4 Å². The first-order valence-corrected chi connectivity index (χ1v) is 26.0. The highest BCUT2D eigenvalue weighted by atomic mass is 15.1. The molecule has 1 heterocycles. The summed E-state index contributed by atoms with van der Waals surface area (Å²) in [6.07, 6.45) is 0. The van der Waals surface area contributed by atoms with Crippen LogP contribution in [0.15, 0.2) is 291 Å². The van der Waals surface area contributed by atoms with E-state index < -0.39 is 5.41 Å². The topological polar surface area (TPSA) is 8.17 Å². The van der Waals surface area contributed by atoms with Gasteiger partial charge in [0.25, 0.3) is 0 Å². The number of benzene rings is 12. The molecule has 0 unspecified atom stereocenters. The van der Waals surface area contributed by atoms with Crippen LogP contribution in [0.4, 0.5) is 17.1 Å². The molecule has 0 saturated carbocycles. The fraction of sp³-hybridized carbons (Fsp3) is 0.0137. The highest BCUT2D eigenvalue weighted by molar-refractivity contribution is 6.10. The molecule has 0 fully saturated rings. The lowest BCUT2D eigenvalue weighted by atomic mass is 9.70. The van der Waals surface area contributed by atoms with E-state index in [0.717, 1.165) is 45.0 Å². The molecule has 0 atom stereocenters. The number of nitrogens with zero attached hydrogens (tertiary/aromatic N) is 2. The number of anilines is 3. The van der Waals surface area contributed by atoms with Crippen molar-refractivity contribution in [2.24, 2.45) is 0 Å². The van der Waals surface area contributed by atoms with Crippen molar-refractivity contribution in [3.63, 3.8) is 0 Å². The average Bonchev–Trinajstić information content (AvgIpc) is 4.29. The van der Waals surface area contributed by atoms with Crippen LogP contribution in [0.5, 0.6) is 0 Å². The van der Waals surface area contributed by atoms with Crippen LogP contribution in [0.3, 0.4) is 0 Å². The summed E-state index contributed by atoms with van der Waals surface area (Å²) in [6.45, 7) is 0. The number of rotatable bonds is 8. The van der Waals surface area contributed by atoms with Crippen molar-refractivity contribution >= 4 is 38.9 Å². The molecular weight excluding hydrogens is 905 g/mol. The van der Waals surface area contributed by atoms with Crippen LogP contribution in [-0.4, -0.2) is 4.57 Å². The van der Waals surface area contributed by atoms with E-state index in [1.54, 1.807) is 0 Å². The van der Waals surface area contributed by atoms with Crippen LogP contribution in [0.25, 0.3) is 94.3 Å². The Balaban J connectivity index is 1.01. The van der Waals surface area contributed by atoms with Crippen LogP contribution in [0, 0.1) is 0 Å². The van der Waals surface area contributed by atoms with E-state index in [1.807, 2.05) is 0 Å². The van der Waals surface area contributed by atoms with E-state index >= 15 is 0 Å². The van der Waals surface area contributed by atoms with Crippen molar-refractivity contribution in [2.75, 3.05) is 4.90 Å². The molecule has 0 bridgehead atoms. The third-order valence-electron chi connectivity index (χ3n) is 16.0. The maximum Gasteiger partial charge on any atom is 0.0726 e. The quantitative estimate of drug-likeness (QED) is 0.147. The van der Waals surface area contributed by atoms with E-state index in [4.69, 9.17) is 0 Å². The molecule has 2 nitrogen and oxygen atoms in total. The minimum absolute atomic E-state index is 0.510. The first-order chi connectivity index (χ1) is 37.2. The molecule has 1 aromatic heterocycles. The third kappa shape index (κ3) is 6.53. The van der Waals surface area contributed by atoms with Crippen LogP contribution in [-0.2, 0) is 5.41 Å². The molecule has 2 heteroatoms. The molecule has 0 radical (unpaired) electrons. The van der Waals surface area contributed by atoms with Gasteiger partial charge in [-0.05, 0) is 138 Å². The van der Waals surface area contributed by atoms with Gasteiger partial charge in [0.05, 0.1) is 22.1 Å². The molecule has 350 valence electrons. The lowest BCUT2D eigenvalue weighted by Crippen LogP contribution is -2.26. The van der Waals surface area contributed by atoms with E-state index in [9.17, 15) is 0 Å². The molecule has 2 aliphatic carbocycles. The van der Waals surface area contributed by atoms with E-state index in [1.165, 1.54) is 88.6 Å². The zero-order valence-corrected chi connectivity index (χ0v) is 41.1. The first-order valence-electron chi connectivity index (χ1n) is 26.0. The summed E-state index contributed by atoms with van der Waals surface area (Å²) in [5.41, 5.74) is 26.0. The van der Waals surface area contributed by atoms with Gasteiger partial charge in [0.15, 0.2) is 0 Å². The summed E-state index contributed by atoms with van der Waals surface area (Å²) in [4.78, 5) is 2.54. The van der Waals surface area contributed by atoms with Gasteiger partial charge in [-0.3, -0.25) is 0 Å². The Bertz CT molecular complexity index is 4290. The number of aromatic nitrogens is 1. The van der Waals surface area contributed by atoms with Crippen molar-refractivity contribution in [1.29, 1.82) is 0 Å². The van der Waals surface area contributed by atoms with Gasteiger partial charge in [0.2, 0.25) is 0 Å². The highest BCUT2D eigenvalue weighted by Gasteiger charge is 2.51. The molecule has 0 aliphatic heterocycles. The van der Waals surface area contributed by atoms with Gasteiger partial charge in [-0.25, -0.2) is 0 Å². The number of para-hydroxylation sites is 2. The van der Waals surface area contributed by atoms with Gasteiger partial charge < -0.3 is 9.47 Å². The summed E-state index contributed by atoms with van der Waals surface area (Å²) < 4.78 is 2.41. The summed E-state index contributed by atoms with van der Waals surface area (Å²) in [6, 6.07) is 108. The Morgan fingerprint density at radius 1 is 0.267 bits per heavy atom. The standard InChI is InChI=1S/C73H48N2/c1-4-22-49(23-5-1)56-30-10-11-35-64(56)72-57(50-24-6-2-7-25-50)36-21-41-70(72)74(54-29-20-26-51(46-54)52-42-44-63-62-34-15-19-40-69(62)75(71(63)47-52)53-27-8-3-9-28-53)55-43-45-61-60-33-14-18-39-67(60)73(68(61)48-55)65-37-16-12-31-58(65)59-32-13-17-38-66(59)73/h1-48H. The van der Waals surface area contributed by atoms with Gasteiger partial charge in [0.1, 0.15) is 0 Å². The third-order valence-corrected chi connectivity index (χ3v) is 16.0. The second kappa shape index (κ2) is 17.2. The predicted molar refractivity (Wildman–Crippen MR) is 314 cm³/mol. The largest absolute Gasteiger partial charge is 0.310 e. The van der Waals surface area contributed by atoms with Gasteiger partial charge >= 0.3 is 0 Å². The molecule has 0 saturated heterocycles. The maximum absolute atomic E-state index is 2.54. The van der Waals surface area contributed by atoms with Crippen LogP contribution in [0.1, 0.15) is 22.3 Å². The van der Waals surface area contributed by atoms with Crippen molar-refractivity contribution in [1.82, 2.24) is 4.57 Å². The average molecular weight is 953 g/mol. The number of fused-ring (bicyclic) bond motifs is 13. The molecule has 12 aromatic carbocycles. The lowest BCUT2D eigenvalue weighted by Gasteiger charge is -2.33. The smallest absolute Gasteiger partial charge is 0.0726 e. The van der Waals surface area contributed by atoms with Crippen molar-refractivity contribution in [3.05, 3.63) is 313 Å². The zero-order chi connectivity index (χ0) is 49.5. The van der Waals surface area contributed by atoms with Crippen molar-refractivity contribution < 1.29 is 0 Å². The van der Waals surface area contributed by atoms with Crippen molar-refractivity contribution in [2.45, 2.75) is 5.41 Å². The first kappa shape index (κ1) is 42.9. The van der Waals surface area contributed by atoms with Crippen LogP contribution in [0.2, 0.25) is 0 Å². The molecule has 75 heavy (non-hydrogen) atoms. The summed E-state index contributed by atoms with van der Waals surface area (Å²) in [7, 11) is 0. The van der Waals surface area contributed by atoms with E-state index in [2.05, 4.69) is 301 Å². The SMILES string of the molecule is c1ccc(-c2ccccc2-c2c(-c3ccccc3)cccc2N(c2cccc(-c3ccc4c5ccccc5n(-c5ccccc5)c4c3)c2)c2ccc3c(c2)C2(c4ccccc4-c4ccccc42)c2ccccc2-3)cc1. The zero-order valence-electron chi connectivity index (χ0n) is 41.1. The molecule has 2 aliphatic rings. The normalized spacial score (nSPS) is 12.6. The maximum atomic E-state index is 2.54. The fourth-order valence-corrected chi connectivity index (χ4v) is 12.9. The van der Waals surface area contributed by atoms with Gasteiger partial charge in [-0.15, -0.1) is 0 Å². The Morgan fingerprint density at radius 3 is 1.43 bits per heavy atom. The predicted octanol–water partition coefficient (Wildman–Crippen LogP) is 19.3. The highest BCUT2D eigenvalue weighted by Crippen LogP contribution is 2.63. The number of hydrogen-bond acceptors (Lipinski definition) is 1. The summed E-state index contributed by atoms with van der Waals surface area (Å²) >= 11 is 0. The lowest BCUT2D eigenvalue weighted by molar-refractivity contribution is 0.793. The summed E-state index contributed by atoms with van der Waals surface area (Å²) in [5, 5.41) is 2.48. The molecule has 0 N–H and O–H groups in total. The minimum atomic E-state index is -0.510. The van der Waals surface area contributed by atoms with Gasteiger partial charge in [0, 0.05) is 33.4 Å². The minimum Gasteiger partial charge on any atom is -0.310 e. The van der Waals surface area contributed by atoms with Gasteiger partial charge in [-0.2, -0.15) is 0 Å². The van der Waals surface area contributed by atoms with Crippen LogP contribution >= 0.6 is 0 Å². The molecule has 0 amide bonds. The molecular formula is C73H48N2. The number of hydrogen-bond donors (Lipinski definition) is 0. The molecule has 1 spiro atoms. The molecule has 13 aromatic rings. The Labute approximate surface area is 437 Å². The summed E-state index contributed by atoms with van der Waals surface area (Å²) in [5.74, 6) is 0. The second-order valence-electron chi connectivity index (χ2n) is 19.9. The van der Waals surface area contributed by atoms with Crippen LogP contribution < -0.4 is 4.90 Å². The fourth-order valence-electron chi connectivity index (χ4n) is 12.9. The Hall–Kier alpha value is -9.76. The van der Waals surface area contributed by atoms with Gasteiger partial charge in [-0.1, -0.05) is 237 Å². The second-order valence-corrected chi connectivity index (χ2v) is 19.9. The van der Waals surface area contributed by atoms with E-state index in [0.29, 0.717) is 0 Å². The van der Waals surface area contributed by atoms with E-state index in [-0.39, 0.29) is 0 Å². The Morgan fingerprint density at radius 2 is 0.747 bits per heavy atom. The Kier molecular flexibility index (Phi) is 9.83.